The van der Waals surface area contributed by atoms with E-state index in [1.807, 2.05) is 6.07 Å². The van der Waals surface area contributed by atoms with Crippen molar-refractivity contribution < 1.29 is 4.79 Å². The molecule has 1 aliphatic heterocycles. The summed E-state index contributed by atoms with van der Waals surface area (Å²) >= 11 is 6.16. The number of likely N-dealkylation sites (tertiary alicyclic amines) is 1. The zero-order valence-corrected chi connectivity index (χ0v) is 13.0. The van der Waals surface area contributed by atoms with Crippen LogP contribution in [0.3, 0.4) is 0 Å². The van der Waals surface area contributed by atoms with Gasteiger partial charge in [0, 0.05) is 37.4 Å². The van der Waals surface area contributed by atoms with Gasteiger partial charge in [0.25, 0.3) is 0 Å². The number of carbonyl (C=O) groups excluding carboxylic acids is 1. The molecule has 22 heavy (non-hydrogen) atoms. The number of rotatable bonds is 5. The summed E-state index contributed by atoms with van der Waals surface area (Å²) in [6.45, 7) is 2.98. The van der Waals surface area contributed by atoms with E-state index in [0.717, 1.165) is 32.3 Å². The third-order valence-electron chi connectivity index (χ3n) is 3.86. The van der Waals surface area contributed by atoms with Crippen molar-refractivity contribution in [2.24, 2.45) is 0 Å². The van der Waals surface area contributed by atoms with Gasteiger partial charge in [-0.3, -0.25) is 9.69 Å². The van der Waals surface area contributed by atoms with Gasteiger partial charge in [0.15, 0.2) is 6.29 Å². The van der Waals surface area contributed by atoms with Crippen molar-refractivity contribution in [3.05, 3.63) is 58.7 Å². The Kier molecular flexibility index (Phi) is 4.71. The van der Waals surface area contributed by atoms with Gasteiger partial charge in [-0.1, -0.05) is 41.9 Å². The summed E-state index contributed by atoms with van der Waals surface area (Å²) in [4.78, 5) is 17.4. The number of nitrogens with zero attached hydrogens (tertiary/aromatic N) is 2. The van der Waals surface area contributed by atoms with Crippen LogP contribution in [0.2, 0.25) is 5.02 Å². The fourth-order valence-corrected chi connectivity index (χ4v) is 2.98. The van der Waals surface area contributed by atoms with E-state index in [-0.39, 0.29) is 0 Å². The molecule has 0 unspecified atom stereocenters. The molecule has 4 nitrogen and oxygen atoms in total. The Morgan fingerprint density at radius 2 is 2.18 bits per heavy atom. The average Bonchev–Trinajstić information content (AvgIpc) is 2.97. The van der Waals surface area contributed by atoms with Crippen molar-refractivity contribution in [2.45, 2.75) is 19.0 Å². The molecule has 1 aromatic heterocycles. The number of benzene rings is 1. The van der Waals surface area contributed by atoms with Crippen molar-refractivity contribution in [3.8, 4) is 0 Å². The quantitative estimate of drug-likeness (QED) is 0.860. The van der Waals surface area contributed by atoms with E-state index in [9.17, 15) is 4.79 Å². The first-order valence-corrected chi connectivity index (χ1v) is 7.76. The maximum absolute atomic E-state index is 10.7. The Balaban J connectivity index is 1.58. The second kappa shape index (κ2) is 6.90. The topological polar surface area (TPSA) is 45.2 Å². The second-order valence-electron chi connectivity index (χ2n) is 5.57. The van der Waals surface area contributed by atoms with Crippen LogP contribution in [-0.4, -0.2) is 35.3 Å². The minimum absolute atomic E-state index is 0.329. The second-order valence-corrected chi connectivity index (χ2v) is 5.97. The lowest BCUT2D eigenvalue weighted by atomic mass is 10.2. The van der Waals surface area contributed by atoms with Crippen molar-refractivity contribution in [1.29, 1.82) is 0 Å². The molecule has 0 bridgehead atoms. The van der Waals surface area contributed by atoms with Gasteiger partial charge in [-0.2, -0.15) is 0 Å². The molecule has 1 fully saturated rings. The lowest BCUT2D eigenvalue weighted by Gasteiger charge is -2.17. The fourth-order valence-electron chi connectivity index (χ4n) is 2.75. The summed E-state index contributed by atoms with van der Waals surface area (Å²) in [5.41, 5.74) is 1.82. The molecular weight excluding hydrogens is 298 g/mol. The SMILES string of the molecule is O=Cc1cnc(N[C@@H]2CCN(Cc3ccccc3)C2)c(Cl)c1. The summed E-state index contributed by atoms with van der Waals surface area (Å²) in [6, 6.07) is 12.4. The van der Waals surface area contributed by atoms with Crippen LogP contribution in [0.4, 0.5) is 5.82 Å². The molecule has 5 heteroatoms. The number of halogens is 1. The largest absolute Gasteiger partial charge is 0.365 e. The van der Waals surface area contributed by atoms with Gasteiger partial charge >= 0.3 is 0 Å². The Hall–Kier alpha value is -1.91. The molecule has 1 atom stereocenters. The zero-order chi connectivity index (χ0) is 15.4. The van der Waals surface area contributed by atoms with Crippen LogP contribution in [0, 0.1) is 0 Å². The number of hydrogen-bond donors (Lipinski definition) is 1. The molecular formula is C17H18ClN3O. The lowest BCUT2D eigenvalue weighted by molar-refractivity contribution is 0.112. The number of anilines is 1. The molecule has 1 N–H and O–H groups in total. The minimum Gasteiger partial charge on any atom is -0.365 e. The molecule has 0 spiro atoms. The molecule has 0 saturated carbocycles. The van der Waals surface area contributed by atoms with Gasteiger partial charge in [0.05, 0.1) is 5.02 Å². The summed E-state index contributed by atoms with van der Waals surface area (Å²) < 4.78 is 0. The predicted molar refractivity (Wildman–Crippen MR) is 88.4 cm³/mol. The summed E-state index contributed by atoms with van der Waals surface area (Å²) in [5.74, 6) is 0.652. The number of pyridine rings is 1. The van der Waals surface area contributed by atoms with Crippen LogP contribution in [-0.2, 0) is 6.54 Å². The molecule has 0 amide bonds. The first-order valence-electron chi connectivity index (χ1n) is 7.38. The maximum Gasteiger partial charge on any atom is 0.151 e. The van der Waals surface area contributed by atoms with Crippen LogP contribution in [0.25, 0.3) is 0 Å². The lowest BCUT2D eigenvalue weighted by Crippen LogP contribution is -2.26. The number of hydrogen-bond acceptors (Lipinski definition) is 4. The van der Waals surface area contributed by atoms with E-state index < -0.39 is 0 Å². The number of nitrogens with one attached hydrogen (secondary N) is 1. The van der Waals surface area contributed by atoms with Crippen molar-refractivity contribution in [2.75, 3.05) is 18.4 Å². The molecule has 1 saturated heterocycles. The minimum atomic E-state index is 0.329. The first-order chi connectivity index (χ1) is 10.7. The summed E-state index contributed by atoms with van der Waals surface area (Å²) in [7, 11) is 0. The highest BCUT2D eigenvalue weighted by molar-refractivity contribution is 6.33. The first kappa shape index (κ1) is 15.0. The normalized spacial score (nSPS) is 18.3. The highest BCUT2D eigenvalue weighted by atomic mass is 35.5. The maximum atomic E-state index is 10.7. The zero-order valence-electron chi connectivity index (χ0n) is 12.2. The van der Waals surface area contributed by atoms with Gasteiger partial charge in [0.2, 0.25) is 0 Å². The molecule has 3 rings (SSSR count). The van der Waals surface area contributed by atoms with Crippen molar-refractivity contribution >= 4 is 23.7 Å². The van der Waals surface area contributed by atoms with Crippen LogP contribution >= 0.6 is 11.6 Å². The number of carbonyl (C=O) groups is 1. The third-order valence-corrected chi connectivity index (χ3v) is 4.15. The Bertz CT molecular complexity index is 648. The van der Waals surface area contributed by atoms with Gasteiger partial charge < -0.3 is 5.32 Å². The molecule has 0 radical (unpaired) electrons. The molecule has 1 aromatic carbocycles. The standard InChI is InChI=1S/C17H18ClN3O/c18-16-8-14(12-22)9-19-17(16)20-15-6-7-21(11-15)10-13-4-2-1-3-5-13/h1-5,8-9,12,15H,6-7,10-11H2,(H,19,20)/t15-/m1/s1. The Labute approximate surface area is 135 Å². The van der Waals surface area contributed by atoms with E-state index in [2.05, 4.69) is 39.5 Å². The van der Waals surface area contributed by atoms with Crippen molar-refractivity contribution in [1.82, 2.24) is 9.88 Å². The molecule has 1 aliphatic rings. The van der Waals surface area contributed by atoms with Crippen LogP contribution < -0.4 is 5.32 Å². The molecule has 2 aromatic rings. The van der Waals surface area contributed by atoms with Crippen LogP contribution in [0.15, 0.2) is 42.6 Å². The highest BCUT2D eigenvalue weighted by Gasteiger charge is 2.23. The molecule has 114 valence electrons. The average molecular weight is 316 g/mol. The van der Waals surface area contributed by atoms with Gasteiger partial charge in [-0.15, -0.1) is 0 Å². The Morgan fingerprint density at radius 1 is 1.36 bits per heavy atom. The van der Waals surface area contributed by atoms with E-state index in [1.165, 1.54) is 11.8 Å². The van der Waals surface area contributed by atoms with Crippen molar-refractivity contribution in [3.63, 3.8) is 0 Å². The van der Waals surface area contributed by atoms with Gasteiger partial charge in [0.1, 0.15) is 5.82 Å². The van der Waals surface area contributed by atoms with E-state index >= 15 is 0 Å². The molecule has 2 heterocycles. The summed E-state index contributed by atoms with van der Waals surface area (Å²) in [5, 5.41) is 3.87. The number of aldehydes is 1. The summed E-state index contributed by atoms with van der Waals surface area (Å²) in [6.07, 6.45) is 3.35. The van der Waals surface area contributed by atoms with Crippen LogP contribution in [0.1, 0.15) is 22.3 Å². The smallest absolute Gasteiger partial charge is 0.151 e. The van der Waals surface area contributed by atoms with Crippen LogP contribution in [0.5, 0.6) is 0 Å². The van der Waals surface area contributed by atoms with Gasteiger partial charge in [-0.05, 0) is 18.1 Å². The monoisotopic (exact) mass is 315 g/mol. The predicted octanol–water partition coefficient (Wildman–Crippen LogP) is 3.23. The number of aromatic nitrogens is 1. The third kappa shape index (κ3) is 3.64. The molecule has 0 aliphatic carbocycles. The fraction of sp³-hybridized carbons (Fsp3) is 0.294. The Morgan fingerprint density at radius 3 is 2.91 bits per heavy atom. The highest BCUT2D eigenvalue weighted by Crippen LogP contribution is 2.23. The van der Waals surface area contributed by atoms with E-state index in [0.29, 0.717) is 22.4 Å². The van der Waals surface area contributed by atoms with E-state index in [1.54, 1.807) is 6.07 Å². The van der Waals surface area contributed by atoms with Gasteiger partial charge in [-0.25, -0.2) is 4.98 Å². The van der Waals surface area contributed by atoms with E-state index in [4.69, 9.17) is 11.6 Å².